The summed E-state index contributed by atoms with van der Waals surface area (Å²) < 4.78 is 17.9. The first-order valence-corrected chi connectivity index (χ1v) is 21.2. The average Bonchev–Trinajstić information content (AvgIpc) is 4.11. The third-order valence-corrected chi connectivity index (χ3v) is 11.5. The minimum Gasteiger partial charge on any atom is -0.748 e. The van der Waals surface area contributed by atoms with E-state index in [4.69, 9.17) is 13.7 Å². The molecule has 60 heavy (non-hydrogen) atoms. The molecule has 0 aromatic heterocycles. The molecule has 9 aromatic rings. The van der Waals surface area contributed by atoms with Crippen LogP contribution >= 0.6 is 35.3 Å². The molecule has 0 saturated carbocycles. The van der Waals surface area contributed by atoms with Crippen LogP contribution in [0.4, 0.5) is 0 Å². The van der Waals surface area contributed by atoms with Gasteiger partial charge in [-0.25, -0.2) is 60.7 Å². The molecule has 0 spiro atoms. The van der Waals surface area contributed by atoms with E-state index in [0.717, 1.165) is 16.4 Å². The van der Waals surface area contributed by atoms with Gasteiger partial charge in [0.1, 0.15) is 0 Å². The number of rotatable bonds is 9. The number of hydrogen-bond donors (Lipinski definition) is 0. The molecule has 1 heterocycles. The summed E-state index contributed by atoms with van der Waals surface area (Å²) in [5.41, 5.74) is 3.02. The van der Waals surface area contributed by atoms with Crippen LogP contribution in [0.2, 0.25) is 0 Å². The van der Waals surface area contributed by atoms with Crippen molar-refractivity contribution in [2.45, 2.75) is 29.4 Å². The summed E-state index contributed by atoms with van der Waals surface area (Å²) in [6.07, 6.45) is 0. The maximum absolute atomic E-state index is 5.96. The first-order chi connectivity index (χ1) is 28.2. The van der Waals surface area contributed by atoms with Gasteiger partial charge in [0.15, 0.2) is 0 Å². The molecule has 310 valence electrons. The van der Waals surface area contributed by atoms with Gasteiger partial charge in [-0.15, -0.1) is 10.9 Å². The zero-order chi connectivity index (χ0) is 38.7. The molecule has 0 amide bonds. The molecule has 0 N–H and O–H groups in total. The van der Waals surface area contributed by atoms with E-state index in [9.17, 15) is 0 Å². The van der Waals surface area contributed by atoms with E-state index in [1.165, 1.54) is 29.4 Å². The topological polar surface area (TPSA) is 27.7 Å². The van der Waals surface area contributed by atoms with E-state index in [1.54, 1.807) is 35.3 Å². The van der Waals surface area contributed by atoms with Crippen LogP contribution < -0.4 is 16.4 Å². The zero-order valence-corrected chi connectivity index (χ0v) is 38.0. The summed E-state index contributed by atoms with van der Waals surface area (Å²) >= 11 is 5.38. The van der Waals surface area contributed by atoms with Gasteiger partial charge >= 0.3 is 14.2 Å². The second-order valence-electron chi connectivity index (χ2n) is 12.7. The van der Waals surface area contributed by atoms with Crippen LogP contribution in [0, 0.1) is 0 Å². The van der Waals surface area contributed by atoms with Crippen LogP contribution in [0.1, 0.15) is 0 Å². The van der Waals surface area contributed by atoms with Crippen molar-refractivity contribution in [1.29, 1.82) is 0 Å². The molecule has 1 aliphatic rings. The fraction of sp³-hybridized carbons (Fsp3) is 0. The van der Waals surface area contributed by atoms with Gasteiger partial charge in [-0.1, -0.05) is 69.3 Å². The minimum absolute atomic E-state index is 0. The van der Waals surface area contributed by atoms with Crippen molar-refractivity contribution >= 4 is 73.0 Å². The maximum Gasteiger partial charge on any atom is 0.388 e. The van der Waals surface area contributed by atoms with Crippen LogP contribution in [0.25, 0.3) is 0 Å². The molecule has 9 aromatic carbocycles. The Morgan fingerprint density at radius 2 is 0.600 bits per heavy atom. The summed E-state index contributed by atoms with van der Waals surface area (Å²) in [6.45, 7) is 0. The van der Waals surface area contributed by atoms with E-state index in [-0.39, 0.29) is 51.2 Å². The van der Waals surface area contributed by atoms with Crippen molar-refractivity contribution in [3.05, 3.63) is 237 Å². The van der Waals surface area contributed by atoms with Crippen LogP contribution in [-0.4, -0.2) is 21.4 Å². The maximum atomic E-state index is 5.96. The molecular formula is C48H39B3Fe3O3S3-10. The third kappa shape index (κ3) is 16.0. The SMILES string of the molecule is [Fe].[Fe].[Fe].c1cc[c-](B2OB([c-]3cccc3)OB([c-]3[cH-][cH-][cH-][cH-]3)O2)c1.c1ccc(S[c-]2cccc2)cc1.c1ccc(S[c-]2cccc2)cc1.c1ccc(S[c-]2cccc2)cc1. The molecular weight excluding hydrogens is 921 g/mol. The summed E-state index contributed by atoms with van der Waals surface area (Å²) in [5, 5.41) is 0. The Morgan fingerprint density at radius 1 is 0.333 bits per heavy atom. The fourth-order valence-electron chi connectivity index (χ4n) is 5.69. The Labute approximate surface area is 400 Å². The van der Waals surface area contributed by atoms with Gasteiger partial charge in [0.05, 0.1) is 0 Å². The summed E-state index contributed by atoms with van der Waals surface area (Å²) in [6, 6.07) is 80.2. The van der Waals surface area contributed by atoms with Gasteiger partial charge in [0.2, 0.25) is 7.12 Å². The van der Waals surface area contributed by atoms with Gasteiger partial charge in [-0.2, -0.15) is 95.9 Å². The fourth-order valence-corrected chi connectivity index (χ4v) is 8.27. The Morgan fingerprint density at radius 3 is 0.900 bits per heavy atom. The number of benzene rings is 3. The van der Waals surface area contributed by atoms with E-state index in [1.807, 2.05) is 91.0 Å². The van der Waals surface area contributed by atoms with Gasteiger partial charge < -0.3 is 43.4 Å². The van der Waals surface area contributed by atoms with Crippen LogP contribution in [0.5, 0.6) is 0 Å². The van der Waals surface area contributed by atoms with Crippen molar-refractivity contribution < 1.29 is 64.9 Å². The Bertz CT molecular complexity index is 2040. The minimum atomic E-state index is -0.423. The van der Waals surface area contributed by atoms with Crippen molar-refractivity contribution in [3.8, 4) is 0 Å². The molecule has 1 saturated heterocycles. The van der Waals surface area contributed by atoms with Crippen LogP contribution in [0.15, 0.2) is 266 Å². The molecule has 0 aliphatic carbocycles. The Balaban J connectivity index is 0.000000180. The molecule has 0 atom stereocenters. The summed E-state index contributed by atoms with van der Waals surface area (Å²) in [7, 11) is -1.27. The summed E-state index contributed by atoms with van der Waals surface area (Å²) in [5.74, 6) is 0. The van der Waals surface area contributed by atoms with Crippen LogP contribution in [-0.2, 0) is 64.9 Å². The standard InChI is InChI=1S/C15H12B3O3.3C11H9S.3Fe/c1-2-8-13(7-1)16-19-17(14-9-3-4-10-14)21-18(20-16)15-11-5-6-12-15;3*1-2-6-10(7-3-1)12-11-8-4-5-9-11;;;/h1-12H;3*1-9H;;;/q-7;3*-1;;;. The predicted octanol–water partition coefficient (Wildman–Crippen LogP) is 11.1. The van der Waals surface area contributed by atoms with Crippen molar-refractivity contribution in [2.75, 3.05) is 0 Å². The third-order valence-electron chi connectivity index (χ3n) is 8.46. The molecule has 1 aliphatic heterocycles. The average molecular weight is 960 g/mol. The first kappa shape index (κ1) is 49.1. The Kier molecular flexibility index (Phi) is 22.4. The molecule has 0 bridgehead atoms. The predicted molar refractivity (Wildman–Crippen MR) is 243 cm³/mol. The second-order valence-corrected chi connectivity index (χ2v) is 16.1. The van der Waals surface area contributed by atoms with E-state index in [0.29, 0.717) is 0 Å². The molecule has 0 unspecified atom stereocenters. The molecule has 3 nitrogen and oxygen atoms in total. The summed E-state index contributed by atoms with van der Waals surface area (Å²) in [4.78, 5) is 7.81. The zero-order valence-electron chi connectivity index (χ0n) is 32.3. The van der Waals surface area contributed by atoms with E-state index >= 15 is 0 Å². The van der Waals surface area contributed by atoms with Gasteiger partial charge in [-0.05, 0) is 51.1 Å². The van der Waals surface area contributed by atoms with Crippen molar-refractivity contribution in [3.63, 3.8) is 0 Å². The van der Waals surface area contributed by atoms with Crippen molar-refractivity contribution in [2.24, 2.45) is 0 Å². The van der Waals surface area contributed by atoms with E-state index < -0.39 is 21.4 Å². The first-order valence-electron chi connectivity index (χ1n) is 18.7. The van der Waals surface area contributed by atoms with Gasteiger partial charge in [0.25, 0.3) is 0 Å². The smallest absolute Gasteiger partial charge is 0.388 e. The van der Waals surface area contributed by atoms with Crippen LogP contribution in [0.3, 0.4) is 0 Å². The monoisotopic (exact) mass is 960 g/mol. The number of hydrogen-bond acceptors (Lipinski definition) is 6. The quantitative estimate of drug-likeness (QED) is 0.106. The molecule has 1 fully saturated rings. The molecule has 0 radical (unpaired) electrons. The second kappa shape index (κ2) is 27.4. The van der Waals surface area contributed by atoms with Gasteiger partial charge in [-0.3, -0.25) is 0 Å². The largest absolute Gasteiger partial charge is 0.748 e. The van der Waals surface area contributed by atoms with E-state index in [2.05, 4.69) is 146 Å². The Hall–Kier alpha value is -3.56. The van der Waals surface area contributed by atoms with Gasteiger partial charge in [0, 0.05) is 51.2 Å². The molecule has 10 rings (SSSR count). The van der Waals surface area contributed by atoms with Crippen molar-refractivity contribution in [1.82, 2.24) is 0 Å². The normalized spacial score (nSPS) is 11.5. The molecule has 12 heteroatoms.